The lowest BCUT2D eigenvalue weighted by Crippen LogP contribution is -2.36. The SMILES string of the molecule is COc1ccc(C(=O)C2CCN(Cc3nc(-c4ccc(C(F)(F)F)cc4)no3)CC2)cc1. The van der Waals surface area contributed by atoms with Gasteiger partial charge in [0.05, 0.1) is 19.2 Å². The minimum absolute atomic E-state index is 0.0370. The van der Waals surface area contributed by atoms with Crippen LogP contribution in [-0.4, -0.2) is 41.0 Å². The summed E-state index contributed by atoms with van der Waals surface area (Å²) < 4.78 is 48.5. The van der Waals surface area contributed by atoms with Gasteiger partial charge >= 0.3 is 6.18 Å². The molecule has 4 rings (SSSR count). The van der Waals surface area contributed by atoms with E-state index in [1.807, 2.05) is 0 Å². The van der Waals surface area contributed by atoms with Crippen LogP contribution in [0.3, 0.4) is 0 Å². The molecular weight excluding hydrogens is 423 g/mol. The van der Waals surface area contributed by atoms with Crippen LogP contribution < -0.4 is 4.74 Å². The zero-order valence-electron chi connectivity index (χ0n) is 17.4. The number of hydrogen-bond donors (Lipinski definition) is 0. The van der Waals surface area contributed by atoms with Crippen LogP contribution >= 0.6 is 0 Å². The molecule has 168 valence electrons. The summed E-state index contributed by atoms with van der Waals surface area (Å²) in [6.45, 7) is 1.85. The molecule has 1 aliphatic rings. The van der Waals surface area contributed by atoms with Crippen LogP contribution in [0.1, 0.15) is 34.7 Å². The number of benzene rings is 2. The lowest BCUT2D eigenvalue weighted by Gasteiger charge is -2.30. The highest BCUT2D eigenvalue weighted by Gasteiger charge is 2.30. The molecule has 6 nitrogen and oxygen atoms in total. The van der Waals surface area contributed by atoms with Gasteiger partial charge in [0.1, 0.15) is 5.75 Å². The Labute approximate surface area is 183 Å². The van der Waals surface area contributed by atoms with Crippen LogP contribution in [0.25, 0.3) is 11.4 Å². The lowest BCUT2D eigenvalue weighted by molar-refractivity contribution is -0.137. The number of halogens is 3. The molecule has 3 aromatic rings. The molecule has 1 aliphatic heterocycles. The second kappa shape index (κ2) is 9.12. The highest BCUT2D eigenvalue weighted by Crippen LogP contribution is 2.30. The smallest absolute Gasteiger partial charge is 0.416 e. The Bertz CT molecular complexity index is 1050. The maximum absolute atomic E-state index is 12.7. The molecule has 0 unspecified atom stereocenters. The molecule has 2 aromatic carbocycles. The zero-order chi connectivity index (χ0) is 22.7. The van der Waals surface area contributed by atoms with Gasteiger partial charge in [-0.05, 0) is 62.3 Å². The number of ether oxygens (including phenoxy) is 1. The molecule has 0 N–H and O–H groups in total. The minimum atomic E-state index is -4.39. The molecule has 0 saturated carbocycles. The predicted octanol–water partition coefficient (Wildman–Crippen LogP) is 4.86. The number of carbonyl (C=O) groups excluding carboxylic acids is 1. The molecule has 0 atom stereocenters. The minimum Gasteiger partial charge on any atom is -0.497 e. The quantitative estimate of drug-likeness (QED) is 0.505. The second-order valence-electron chi connectivity index (χ2n) is 7.73. The van der Waals surface area contributed by atoms with Gasteiger partial charge in [0.2, 0.25) is 11.7 Å². The van der Waals surface area contributed by atoms with Crippen molar-refractivity contribution in [3.8, 4) is 17.1 Å². The highest BCUT2D eigenvalue weighted by atomic mass is 19.4. The van der Waals surface area contributed by atoms with Gasteiger partial charge in [-0.3, -0.25) is 9.69 Å². The molecule has 0 aliphatic carbocycles. The first-order chi connectivity index (χ1) is 15.3. The van der Waals surface area contributed by atoms with E-state index in [0.29, 0.717) is 42.4 Å². The van der Waals surface area contributed by atoms with Gasteiger partial charge in [-0.2, -0.15) is 18.2 Å². The van der Waals surface area contributed by atoms with Gasteiger partial charge < -0.3 is 9.26 Å². The number of aromatic nitrogens is 2. The van der Waals surface area contributed by atoms with Crippen LogP contribution in [0.2, 0.25) is 0 Å². The fourth-order valence-electron chi connectivity index (χ4n) is 3.78. The normalized spacial score (nSPS) is 15.6. The van der Waals surface area contributed by atoms with Crippen molar-refractivity contribution in [3.63, 3.8) is 0 Å². The van der Waals surface area contributed by atoms with E-state index in [4.69, 9.17) is 9.26 Å². The molecule has 0 bridgehead atoms. The molecule has 9 heteroatoms. The third-order valence-electron chi connectivity index (χ3n) is 5.63. The van der Waals surface area contributed by atoms with Crippen LogP contribution in [0, 0.1) is 5.92 Å². The van der Waals surface area contributed by atoms with E-state index in [1.165, 1.54) is 12.1 Å². The van der Waals surface area contributed by atoms with Crippen molar-refractivity contribution in [3.05, 3.63) is 65.5 Å². The summed E-state index contributed by atoms with van der Waals surface area (Å²) in [5.74, 6) is 1.45. The van der Waals surface area contributed by atoms with E-state index < -0.39 is 11.7 Å². The second-order valence-corrected chi connectivity index (χ2v) is 7.73. The number of likely N-dealkylation sites (tertiary alicyclic amines) is 1. The van der Waals surface area contributed by atoms with E-state index in [2.05, 4.69) is 15.0 Å². The van der Waals surface area contributed by atoms with Crippen molar-refractivity contribution in [1.82, 2.24) is 15.0 Å². The monoisotopic (exact) mass is 445 g/mol. The summed E-state index contributed by atoms with van der Waals surface area (Å²) in [6, 6.07) is 11.8. The molecule has 1 fully saturated rings. The first kappa shape index (κ1) is 22.0. The van der Waals surface area contributed by atoms with Crippen LogP contribution in [-0.2, 0) is 12.7 Å². The van der Waals surface area contributed by atoms with Gasteiger partial charge in [0.25, 0.3) is 0 Å². The summed E-state index contributed by atoms with van der Waals surface area (Å²) in [7, 11) is 1.59. The molecule has 0 amide bonds. The number of alkyl halides is 3. The summed E-state index contributed by atoms with van der Waals surface area (Å²) >= 11 is 0. The first-order valence-corrected chi connectivity index (χ1v) is 10.2. The third kappa shape index (κ3) is 4.99. The molecule has 0 radical (unpaired) electrons. The molecule has 2 heterocycles. The van der Waals surface area contributed by atoms with Crippen molar-refractivity contribution < 1.29 is 27.2 Å². The van der Waals surface area contributed by atoms with E-state index >= 15 is 0 Å². The Kier molecular flexibility index (Phi) is 6.27. The van der Waals surface area contributed by atoms with Crippen molar-refractivity contribution in [2.24, 2.45) is 5.92 Å². The summed E-state index contributed by atoms with van der Waals surface area (Å²) in [5, 5.41) is 3.88. The largest absolute Gasteiger partial charge is 0.497 e. The average molecular weight is 445 g/mol. The Hall–Kier alpha value is -3.20. The van der Waals surface area contributed by atoms with Gasteiger partial charge in [-0.25, -0.2) is 0 Å². The molecule has 32 heavy (non-hydrogen) atoms. The zero-order valence-corrected chi connectivity index (χ0v) is 17.4. The Morgan fingerprint density at radius 3 is 2.34 bits per heavy atom. The molecular formula is C23H22F3N3O3. The van der Waals surface area contributed by atoms with E-state index in [-0.39, 0.29) is 17.5 Å². The number of nitrogens with zero attached hydrogens (tertiary/aromatic N) is 3. The molecule has 0 spiro atoms. The van der Waals surface area contributed by atoms with Crippen molar-refractivity contribution in [1.29, 1.82) is 0 Å². The van der Waals surface area contributed by atoms with Crippen LogP contribution in [0.15, 0.2) is 53.1 Å². The summed E-state index contributed by atoms with van der Waals surface area (Å²) in [6.07, 6.45) is -2.93. The number of hydrogen-bond acceptors (Lipinski definition) is 6. The number of Topliss-reactive ketones (excluding diaryl/α,β-unsaturated/α-hetero) is 1. The third-order valence-corrected chi connectivity index (χ3v) is 5.63. The summed E-state index contributed by atoms with van der Waals surface area (Å²) in [4.78, 5) is 19.2. The van der Waals surface area contributed by atoms with Crippen molar-refractivity contribution in [2.75, 3.05) is 20.2 Å². The summed E-state index contributed by atoms with van der Waals surface area (Å²) in [5.41, 5.74) is 0.413. The van der Waals surface area contributed by atoms with Gasteiger partial charge in [0.15, 0.2) is 5.78 Å². The standard InChI is InChI=1S/C23H22F3N3O3/c1-31-19-8-4-15(5-9-19)21(30)16-10-12-29(13-11-16)14-20-27-22(28-32-20)17-2-6-18(7-3-17)23(24,25)26/h2-9,16H,10-14H2,1H3. The van der Waals surface area contributed by atoms with Gasteiger partial charge in [0, 0.05) is 17.0 Å². The number of ketones is 1. The maximum atomic E-state index is 12.7. The van der Waals surface area contributed by atoms with Crippen LogP contribution in [0.4, 0.5) is 13.2 Å². The van der Waals surface area contributed by atoms with E-state index in [1.54, 1.807) is 31.4 Å². The highest BCUT2D eigenvalue weighted by molar-refractivity contribution is 5.98. The number of methoxy groups -OCH3 is 1. The molecule has 1 saturated heterocycles. The van der Waals surface area contributed by atoms with E-state index in [9.17, 15) is 18.0 Å². The van der Waals surface area contributed by atoms with Crippen molar-refractivity contribution >= 4 is 5.78 Å². The van der Waals surface area contributed by atoms with Crippen LogP contribution in [0.5, 0.6) is 5.75 Å². The number of rotatable bonds is 6. The number of carbonyl (C=O) groups is 1. The van der Waals surface area contributed by atoms with Crippen molar-refractivity contribution in [2.45, 2.75) is 25.6 Å². The van der Waals surface area contributed by atoms with Gasteiger partial charge in [-0.1, -0.05) is 17.3 Å². The predicted molar refractivity (Wildman–Crippen MR) is 110 cm³/mol. The maximum Gasteiger partial charge on any atom is 0.416 e. The molecule has 1 aromatic heterocycles. The Morgan fingerprint density at radius 1 is 1.09 bits per heavy atom. The Morgan fingerprint density at radius 2 is 1.75 bits per heavy atom. The van der Waals surface area contributed by atoms with E-state index in [0.717, 1.165) is 25.0 Å². The first-order valence-electron chi connectivity index (χ1n) is 10.2. The Balaban J connectivity index is 1.32. The van der Waals surface area contributed by atoms with Gasteiger partial charge in [-0.15, -0.1) is 0 Å². The lowest BCUT2D eigenvalue weighted by atomic mass is 9.89. The average Bonchev–Trinajstić information content (AvgIpc) is 3.27. The topological polar surface area (TPSA) is 68.5 Å². The number of piperidine rings is 1. The fourth-order valence-corrected chi connectivity index (χ4v) is 3.78. The fraction of sp³-hybridized carbons (Fsp3) is 0.348.